The van der Waals surface area contributed by atoms with Crippen LogP contribution in [0.25, 0.3) is 0 Å². The molecule has 24 heavy (non-hydrogen) atoms. The van der Waals surface area contributed by atoms with Gasteiger partial charge >= 0.3 is 0 Å². The van der Waals surface area contributed by atoms with Crippen LogP contribution in [0.1, 0.15) is 37.0 Å². The summed E-state index contributed by atoms with van der Waals surface area (Å²) in [4.78, 5) is 14.7. The van der Waals surface area contributed by atoms with E-state index >= 15 is 0 Å². The molecule has 1 amide bonds. The molecular weight excluding hydrogens is 326 g/mol. The van der Waals surface area contributed by atoms with Gasteiger partial charge in [-0.15, -0.1) is 0 Å². The normalized spacial score (nSPS) is 16.7. The number of benzene rings is 1. The van der Waals surface area contributed by atoms with Crippen molar-refractivity contribution in [2.75, 3.05) is 33.2 Å². The maximum atomic E-state index is 12.4. The Kier molecular flexibility index (Phi) is 6.37. The smallest absolute Gasteiger partial charge is 0.251 e. The van der Waals surface area contributed by atoms with Crippen molar-refractivity contribution in [3.05, 3.63) is 29.8 Å². The van der Waals surface area contributed by atoms with Gasteiger partial charge < -0.3 is 10.2 Å². The van der Waals surface area contributed by atoms with Crippen LogP contribution < -0.4 is 5.32 Å². The van der Waals surface area contributed by atoms with Gasteiger partial charge in [0.1, 0.15) is 0 Å². The molecule has 7 heteroatoms. The lowest BCUT2D eigenvalue weighted by molar-refractivity contribution is 0.0949. The molecule has 1 fully saturated rings. The van der Waals surface area contributed by atoms with Gasteiger partial charge in [0.25, 0.3) is 5.91 Å². The Balaban J connectivity index is 1.97. The quantitative estimate of drug-likeness (QED) is 0.770. The molecule has 134 valence electrons. The van der Waals surface area contributed by atoms with Crippen LogP contribution in [0.15, 0.2) is 29.2 Å². The first-order valence-electron chi connectivity index (χ1n) is 8.45. The average Bonchev–Trinajstić information content (AvgIpc) is 2.51. The molecular formula is C17H27N3O3S. The van der Waals surface area contributed by atoms with Crippen LogP contribution in [-0.2, 0) is 10.0 Å². The summed E-state index contributed by atoms with van der Waals surface area (Å²) < 4.78 is 26.2. The number of rotatable bonds is 8. The summed E-state index contributed by atoms with van der Waals surface area (Å²) >= 11 is 0. The molecule has 6 nitrogen and oxygen atoms in total. The van der Waals surface area contributed by atoms with Crippen molar-refractivity contribution in [1.29, 1.82) is 0 Å². The van der Waals surface area contributed by atoms with E-state index in [2.05, 4.69) is 31.1 Å². The zero-order chi connectivity index (χ0) is 17.7. The second-order valence-electron chi connectivity index (χ2n) is 6.25. The van der Waals surface area contributed by atoms with E-state index in [0.717, 1.165) is 19.4 Å². The fourth-order valence-corrected chi connectivity index (χ4v) is 4.07. The molecule has 1 N–H and O–H groups in total. The van der Waals surface area contributed by atoms with Crippen LogP contribution in [0.5, 0.6) is 0 Å². The largest absolute Gasteiger partial charge is 0.352 e. The fourth-order valence-electron chi connectivity index (χ4n) is 2.50. The maximum absolute atomic E-state index is 12.4. The first-order valence-corrected chi connectivity index (χ1v) is 9.89. The minimum absolute atomic E-state index is 0.189. The van der Waals surface area contributed by atoms with Crippen LogP contribution in [0.3, 0.4) is 0 Å². The monoisotopic (exact) mass is 353 g/mol. The number of amides is 1. The Bertz CT molecular complexity index is 671. The Morgan fingerprint density at radius 2 is 2.08 bits per heavy atom. The van der Waals surface area contributed by atoms with Crippen molar-refractivity contribution >= 4 is 15.9 Å². The number of nitrogens with one attached hydrogen (secondary N) is 1. The van der Waals surface area contributed by atoms with Gasteiger partial charge in [-0.2, -0.15) is 4.31 Å². The summed E-state index contributed by atoms with van der Waals surface area (Å²) in [6.07, 6.45) is 1.74. The van der Waals surface area contributed by atoms with Gasteiger partial charge in [0.2, 0.25) is 10.0 Å². The number of carbonyl (C=O) groups excluding carboxylic acids is 1. The third-order valence-electron chi connectivity index (χ3n) is 4.65. The van der Waals surface area contributed by atoms with Crippen molar-refractivity contribution in [2.24, 2.45) is 0 Å². The highest BCUT2D eigenvalue weighted by Crippen LogP contribution is 2.21. The minimum atomic E-state index is -3.46. The highest BCUT2D eigenvalue weighted by atomic mass is 32.2. The van der Waals surface area contributed by atoms with Gasteiger partial charge in [0.15, 0.2) is 0 Å². The fraction of sp³-hybridized carbons (Fsp3) is 0.588. The third-order valence-corrected chi connectivity index (χ3v) is 6.54. The van der Waals surface area contributed by atoms with E-state index in [9.17, 15) is 13.2 Å². The second kappa shape index (κ2) is 8.09. The van der Waals surface area contributed by atoms with Crippen LogP contribution >= 0.6 is 0 Å². The molecule has 0 spiro atoms. The van der Waals surface area contributed by atoms with Crippen molar-refractivity contribution in [1.82, 2.24) is 14.5 Å². The molecule has 0 bridgehead atoms. The molecule has 0 radical (unpaired) electrons. The summed E-state index contributed by atoms with van der Waals surface area (Å²) in [5.74, 6) is -0.234. The summed E-state index contributed by atoms with van der Waals surface area (Å²) in [6, 6.07) is 6.66. The Morgan fingerprint density at radius 3 is 2.67 bits per heavy atom. The summed E-state index contributed by atoms with van der Waals surface area (Å²) in [7, 11) is -1.41. The molecule has 1 unspecified atom stereocenters. The molecule has 1 atom stereocenters. The standard InChI is InChI=1S/C17H27N3O3S/c1-4-19(3)14(2)9-10-18-17(21)15-7-5-8-16(13-15)24(22,23)20-11-6-12-20/h5,7-8,13-14H,4,6,9-12H2,1-3H3,(H,18,21). The zero-order valence-electron chi connectivity index (χ0n) is 14.7. The molecule has 1 saturated heterocycles. The van der Waals surface area contributed by atoms with E-state index in [0.29, 0.717) is 31.2 Å². The number of sulfonamides is 1. The lowest BCUT2D eigenvalue weighted by Crippen LogP contribution is -2.42. The van der Waals surface area contributed by atoms with E-state index < -0.39 is 10.0 Å². The van der Waals surface area contributed by atoms with Crippen LogP contribution in [0.4, 0.5) is 0 Å². The van der Waals surface area contributed by atoms with Gasteiger partial charge in [0.05, 0.1) is 4.90 Å². The Morgan fingerprint density at radius 1 is 1.38 bits per heavy atom. The predicted octanol–water partition coefficient (Wildman–Crippen LogP) is 1.54. The van der Waals surface area contributed by atoms with Gasteiger partial charge in [-0.3, -0.25) is 4.79 Å². The van der Waals surface area contributed by atoms with E-state index in [1.165, 1.54) is 10.4 Å². The first-order chi connectivity index (χ1) is 11.4. The van der Waals surface area contributed by atoms with Crippen molar-refractivity contribution in [3.63, 3.8) is 0 Å². The Labute approximate surface area is 144 Å². The topological polar surface area (TPSA) is 69.7 Å². The van der Waals surface area contributed by atoms with Gasteiger partial charge in [0, 0.05) is 31.2 Å². The Hall–Kier alpha value is -1.44. The van der Waals surface area contributed by atoms with Gasteiger partial charge in [-0.1, -0.05) is 13.0 Å². The molecule has 0 aromatic heterocycles. The molecule has 0 aliphatic carbocycles. The lowest BCUT2D eigenvalue weighted by Gasteiger charge is -2.29. The molecule has 0 saturated carbocycles. The van der Waals surface area contributed by atoms with Crippen LogP contribution in [0, 0.1) is 0 Å². The average molecular weight is 353 g/mol. The van der Waals surface area contributed by atoms with Crippen LogP contribution in [-0.4, -0.2) is 62.8 Å². The lowest BCUT2D eigenvalue weighted by atomic mass is 10.2. The molecule has 1 aliphatic heterocycles. The van der Waals surface area contributed by atoms with E-state index in [4.69, 9.17) is 0 Å². The SMILES string of the molecule is CCN(C)C(C)CCNC(=O)c1cccc(S(=O)(=O)N2CCC2)c1. The van der Waals surface area contributed by atoms with Crippen LogP contribution in [0.2, 0.25) is 0 Å². The number of hydrogen-bond acceptors (Lipinski definition) is 4. The van der Waals surface area contributed by atoms with Gasteiger partial charge in [-0.05, 0) is 51.6 Å². The van der Waals surface area contributed by atoms with E-state index in [1.54, 1.807) is 18.2 Å². The number of nitrogens with zero attached hydrogens (tertiary/aromatic N) is 2. The molecule has 1 aromatic rings. The number of carbonyl (C=O) groups is 1. The molecule has 1 aliphatic rings. The van der Waals surface area contributed by atoms with Crippen molar-refractivity contribution < 1.29 is 13.2 Å². The third kappa shape index (κ3) is 4.34. The summed E-state index contributed by atoms with van der Waals surface area (Å²) in [6.45, 7) is 6.86. The van der Waals surface area contributed by atoms with Crippen molar-refractivity contribution in [2.45, 2.75) is 37.6 Å². The highest BCUT2D eigenvalue weighted by molar-refractivity contribution is 7.89. The minimum Gasteiger partial charge on any atom is -0.352 e. The van der Waals surface area contributed by atoms with E-state index in [1.807, 2.05) is 0 Å². The second-order valence-corrected chi connectivity index (χ2v) is 8.19. The van der Waals surface area contributed by atoms with Crippen molar-refractivity contribution in [3.8, 4) is 0 Å². The maximum Gasteiger partial charge on any atom is 0.251 e. The first kappa shape index (κ1) is 18.9. The molecule has 1 heterocycles. The predicted molar refractivity (Wildman–Crippen MR) is 94.5 cm³/mol. The highest BCUT2D eigenvalue weighted by Gasteiger charge is 2.29. The van der Waals surface area contributed by atoms with Gasteiger partial charge in [-0.25, -0.2) is 8.42 Å². The number of hydrogen-bond donors (Lipinski definition) is 1. The zero-order valence-corrected chi connectivity index (χ0v) is 15.5. The van der Waals surface area contributed by atoms with E-state index in [-0.39, 0.29) is 10.8 Å². The molecule has 1 aromatic carbocycles. The molecule has 2 rings (SSSR count). The summed E-state index contributed by atoms with van der Waals surface area (Å²) in [5, 5.41) is 2.87. The summed E-state index contributed by atoms with van der Waals surface area (Å²) in [5.41, 5.74) is 0.382.